The fourth-order valence-corrected chi connectivity index (χ4v) is 1.17. The molecule has 0 fully saturated rings. The van der Waals surface area contributed by atoms with Crippen LogP contribution < -0.4 is 11.1 Å². The van der Waals surface area contributed by atoms with Crippen molar-refractivity contribution in [2.24, 2.45) is 11.7 Å². The summed E-state index contributed by atoms with van der Waals surface area (Å²) >= 11 is 1.63. The highest BCUT2D eigenvalue weighted by Crippen LogP contribution is 1.96. The maximum atomic E-state index is 11.2. The zero-order valence-electron chi connectivity index (χ0n) is 7.88. The van der Waals surface area contributed by atoms with E-state index in [0.717, 1.165) is 5.75 Å². The Bertz CT molecular complexity index is 189. The van der Waals surface area contributed by atoms with Crippen LogP contribution in [0.25, 0.3) is 0 Å². The molecule has 3 nitrogen and oxygen atoms in total. The van der Waals surface area contributed by atoms with Gasteiger partial charge in [0, 0.05) is 24.8 Å². The van der Waals surface area contributed by atoms with Gasteiger partial charge in [0.05, 0.1) is 5.75 Å². The molecule has 0 aliphatic carbocycles. The third-order valence-electron chi connectivity index (χ3n) is 1.53. The number of hydrogen-bond acceptors (Lipinski definition) is 3. The molecular formula is C9H16N2OS. The second-order valence-electron chi connectivity index (χ2n) is 2.68. The summed E-state index contributed by atoms with van der Waals surface area (Å²) in [5, 5.41) is 2.78. The zero-order chi connectivity index (χ0) is 10.1. The van der Waals surface area contributed by atoms with Crippen LogP contribution in [0, 0.1) is 18.3 Å². The number of carbonyl (C=O) groups is 1. The summed E-state index contributed by atoms with van der Waals surface area (Å²) in [6, 6.07) is 0. The second-order valence-corrected chi connectivity index (χ2v) is 3.79. The molecule has 0 aromatic carbocycles. The maximum absolute atomic E-state index is 11.2. The third-order valence-corrected chi connectivity index (χ3v) is 2.40. The topological polar surface area (TPSA) is 55.1 Å². The molecule has 1 unspecified atom stereocenters. The van der Waals surface area contributed by atoms with E-state index in [9.17, 15) is 4.79 Å². The normalized spacial score (nSPS) is 11.8. The highest BCUT2D eigenvalue weighted by atomic mass is 32.2. The van der Waals surface area contributed by atoms with E-state index in [1.54, 1.807) is 11.8 Å². The van der Waals surface area contributed by atoms with Crippen molar-refractivity contribution in [1.29, 1.82) is 0 Å². The van der Waals surface area contributed by atoms with Crippen molar-refractivity contribution in [2.45, 2.75) is 6.92 Å². The van der Waals surface area contributed by atoms with E-state index in [1.165, 1.54) is 0 Å². The molecular weight excluding hydrogens is 184 g/mol. The molecule has 0 saturated heterocycles. The van der Waals surface area contributed by atoms with Crippen LogP contribution in [0.1, 0.15) is 6.92 Å². The Morgan fingerprint density at radius 2 is 2.46 bits per heavy atom. The minimum atomic E-state index is -0.0994. The first-order valence-corrected chi connectivity index (χ1v) is 5.36. The van der Waals surface area contributed by atoms with E-state index in [2.05, 4.69) is 11.2 Å². The van der Waals surface area contributed by atoms with Gasteiger partial charge in [0.25, 0.3) is 0 Å². The van der Waals surface area contributed by atoms with Crippen LogP contribution in [-0.4, -0.2) is 30.5 Å². The van der Waals surface area contributed by atoms with Gasteiger partial charge in [0.1, 0.15) is 0 Å². The van der Waals surface area contributed by atoms with Gasteiger partial charge in [-0.1, -0.05) is 12.8 Å². The number of rotatable bonds is 6. The van der Waals surface area contributed by atoms with E-state index < -0.39 is 0 Å². The summed E-state index contributed by atoms with van der Waals surface area (Å²) in [6.45, 7) is 2.86. The molecule has 0 radical (unpaired) electrons. The maximum Gasteiger partial charge on any atom is 0.224 e. The smallest absolute Gasteiger partial charge is 0.224 e. The highest BCUT2D eigenvalue weighted by molar-refractivity contribution is 7.99. The van der Waals surface area contributed by atoms with Gasteiger partial charge in [0.2, 0.25) is 5.91 Å². The minimum absolute atomic E-state index is 0.0174. The number of nitrogens with two attached hydrogens (primary N) is 1. The van der Waals surface area contributed by atoms with Gasteiger partial charge in [-0.25, -0.2) is 0 Å². The first-order chi connectivity index (χ1) is 6.22. The van der Waals surface area contributed by atoms with Gasteiger partial charge < -0.3 is 11.1 Å². The second kappa shape index (κ2) is 7.96. The highest BCUT2D eigenvalue weighted by Gasteiger charge is 2.08. The molecule has 0 rings (SSSR count). The van der Waals surface area contributed by atoms with Gasteiger partial charge in [-0.3, -0.25) is 4.79 Å². The van der Waals surface area contributed by atoms with Crippen LogP contribution in [0.2, 0.25) is 0 Å². The van der Waals surface area contributed by atoms with E-state index >= 15 is 0 Å². The van der Waals surface area contributed by atoms with Crippen LogP contribution in [0.5, 0.6) is 0 Å². The molecule has 3 N–H and O–H groups in total. The number of carbonyl (C=O) groups excluding carboxylic acids is 1. The first kappa shape index (κ1) is 12.3. The predicted molar refractivity (Wildman–Crippen MR) is 57.4 cm³/mol. The van der Waals surface area contributed by atoms with Crippen molar-refractivity contribution >= 4 is 17.7 Å². The molecule has 4 heteroatoms. The summed E-state index contributed by atoms with van der Waals surface area (Å²) in [7, 11) is 0. The minimum Gasteiger partial charge on any atom is -0.355 e. The molecule has 0 aromatic rings. The molecule has 13 heavy (non-hydrogen) atoms. The molecule has 0 aliphatic heterocycles. The lowest BCUT2D eigenvalue weighted by Gasteiger charge is -2.08. The largest absolute Gasteiger partial charge is 0.355 e. The Hall–Kier alpha value is -0.660. The van der Waals surface area contributed by atoms with Gasteiger partial charge in [0.15, 0.2) is 0 Å². The van der Waals surface area contributed by atoms with Crippen LogP contribution >= 0.6 is 11.8 Å². The standard InChI is InChI=1S/C9H16N2OS/c1-3-5-13-6-4-11-9(12)8(2)7-10/h1,8H,4-7,10H2,2H3,(H,11,12). The average Bonchev–Trinajstić information content (AvgIpc) is 2.16. The molecule has 1 amide bonds. The van der Waals surface area contributed by atoms with Gasteiger partial charge in [-0.15, -0.1) is 18.2 Å². The summed E-state index contributed by atoms with van der Waals surface area (Å²) < 4.78 is 0. The van der Waals surface area contributed by atoms with E-state index in [1.807, 2.05) is 6.92 Å². The number of amides is 1. The molecule has 0 aromatic heterocycles. The van der Waals surface area contributed by atoms with Crippen LogP contribution in [-0.2, 0) is 4.79 Å². The lowest BCUT2D eigenvalue weighted by atomic mass is 10.2. The molecule has 0 saturated carbocycles. The van der Waals surface area contributed by atoms with Crippen LogP contribution in [0.4, 0.5) is 0 Å². The van der Waals surface area contributed by atoms with Crippen molar-refractivity contribution in [1.82, 2.24) is 5.32 Å². The summed E-state index contributed by atoms with van der Waals surface area (Å²) in [6.07, 6.45) is 5.07. The lowest BCUT2D eigenvalue weighted by molar-refractivity contribution is -0.124. The fraction of sp³-hybridized carbons (Fsp3) is 0.667. The summed E-state index contributed by atoms with van der Waals surface area (Å²) in [5.74, 6) is 3.99. The Kier molecular flexibility index (Phi) is 7.56. The Balaban J connectivity index is 3.33. The van der Waals surface area contributed by atoms with Crippen LogP contribution in [0.3, 0.4) is 0 Å². The molecule has 0 bridgehead atoms. The third kappa shape index (κ3) is 6.50. The SMILES string of the molecule is C#CCSCCNC(=O)C(C)CN. The fourth-order valence-electron chi connectivity index (χ4n) is 0.659. The van der Waals surface area contributed by atoms with Gasteiger partial charge in [-0.05, 0) is 0 Å². The van der Waals surface area contributed by atoms with Crippen LogP contribution in [0.15, 0.2) is 0 Å². The molecule has 0 aliphatic rings. The number of thioether (sulfide) groups is 1. The zero-order valence-corrected chi connectivity index (χ0v) is 8.69. The van der Waals surface area contributed by atoms with Gasteiger partial charge in [-0.2, -0.15) is 0 Å². The number of hydrogen-bond donors (Lipinski definition) is 2. The van der Waals surface area contributed by atoms with E-state index in [-0.39, 0.29) is 11.8 Å². The molecule has 0 heterocycles. The molecule has 0 spiro atoms. The summed E-state index contributed by atoms with van der Waals surface area (Å²) in [4.78, 5) is 11.2. The van der Waals surface area contributed by atoms with Crippen molar-refractivity contribution in [3.63, 3.8) is 0 Å². The Labute approximate surface area is 83.8 Å². The molecule has 74 valence electrons. The average molecular weight is 200 g/mol. The van der Waals surface area contributed by atoms with Crippen molar-refractivity contribution in [3.05, 3.63) is 0 Å². The Morgan fingerprint density at radius 1 is 1.77 bits per heavy atom. The lowest BCUT2D eigenvalue weighted by Crippen LogP contribution is -2.34. The molecule has 1 atom stereocenters. The van der Waals surface area contributed by atoms with E-state index in [4.69, 9.17) is 12.2 Å². The van der Waals surface area contributed by atoms with E-state index in [0.29, 0.717) is 18.8 Å². The van der Waals surface area contributed by atoms with Crippen molar-refractivity contribution in [2.75, 3.05) is 24.6 Å². The first-order valence-electron chi connectivity index (χ1n) is 4.21. The summed E-state index contributed by atoms with van der Waals surface area (Å²) in [5.41, 5.74) is 5.33. The van der Waals surface area contributed by atoms with Gasteiger partial charge >= 0.3 is 0 Å². The van der Waals surface area contributed by atoms with Crippen molar-refractivity contribution < 1.29 is 4.79 Å². The number of terminal acetylenes is 1. The monoisotopic (exact) mass is 200 g/mol. The Morgan fingerprint density at radius 3 is 3.00 bits per heavy atom. The van der Waals surface area contributed by atoms with Crippen molar-refractivity contribution in [3.8, 4) is 12.3 Å². The quantitative estimate of drug-likeness (QED) is 0.471. The predicted octanol–water partition coefficient (Wildman–Crippen LogP) is 0.0638. The number of nitrogens with one attached hydrogen (secondary N) is 1.